The Kier molecular flexibility index (Phi) is 18.9. The van der Waals surface area contributed by atoms with Gasteiger partial charge in [-0.2, -0.15) is 0 Å². The third-order valence-corrected chi connectivity index (χ3v) is 1.11. The first kappa shape index (κ1) is 19.3. The van der Waals surface area contributed by atoms with Crippen LogP contribution in [0.5, 0.6) is 5.75 Å². The van der Waals surface area contributed by atoms with Gasteiger partial charge in [-0.3, -0.25) is 0 Å². The van der Waals surface area contributed by atoms with Crippen molar-refractivity contribution in [3.63, 3.8) is 0 Å². The molecule has 5 heteroatoms. The number of phenolic OH excluding ortho intramolecular Hbond substituents is 1. The van der Waals surface area contributed by atoms with Crippen LogP contribution in [0, 0.1) is 0 Å². The summed E-state index contributed by atoms with van der Waals surface area (Å²) >= 11 is 3.99. The van der Waals surface area contributed by atoms with Crippen LogP contribution in [0.2, 0.25) is 0 Å². The molecule has 0 bridgehead atoms. The minimum atomic E-state index is 0. The number of hydrogen-bond acceptors (Lipinski definition) is 2. The minimum Gasteiger partial charge on any atom is -0.508 e. The van der Waals surface area contributed by atoms with Gasteiger partial charge in [-0.15, -0.1) is 12.6 Å². The molecule has 1 N–H and O–H groups in total. The Hall–Kier alpha value is 2.68. The zero-order chi connectivity index (χ0) is 5.98. The Bertz CT molecular complexity index is 178. The normalized spacial score (nSPS) is 6.64. The van der Waals surface area contributed by atoms with Gasteiger partial charge in [0.1, 0.15) is 5.75 Å². The second kappa shape index (κ2) is 10.8. The maximum atomic E-state index is 8.76. The summed E-state index contributed by atoms with van der Waals surface area (Å²) in [6.07, 6.45) is 0. The fourth-order valence-corrected chi connectivity index (χ4v) is 0.711. The van der Waals surface area contributed by atoms with Crippen LogP contribution in [0.25, 0.3) is 0 Å². The van der Waals surface area contributed by atoms with Crippen molar-refractivity contribution in [2.45, 2.75) is 4.90 Å². The van der Waals surface area contributed by atoms with Gasteiger partial charge >= 0.3 is 0 Å². The van der Waals surface area contributed by atoms with Crippen LogP contribution in [0.4, 0.5) is 0 Å². The molecule has 0 saturated carbocycles. The summed E-state index contributed by atoms with van der Waals surface area (Å²) in [5.41, 5.74) is 0. The van der Waals surface area contributed by atoms with E-state index in [1.165, 1.54) is 0 Å². The van der Waals surface area contributed by atoms with Gasteiger partial charge in [-0.05, 0) is 18.2 Å². The Labute approximate surface area is 148 Å². The summed E-state index contributed by atoms with van der Waals surface area (Å²) < 4.78 is 0. The van der Waals surface area contributed by atoms with E-state index in [1.807, 2.05) is 6.07 Å². The second-order valence-electron chi connectivity index (χ2n) is 1.52. The van der Waals surface area contributed by atoms with E-state index < -0.39 is 0 Å². The van der Waals surface area contributed by atoms with Gasteiger partial charge in [0, 0.05) is 103 Å². The molecule has 0 atom stereocenters. The molecule has 1 rings (SSSR count). The number of phenols is 1. The number of benzene rings is 1. The molecule has 1 aromatic rings. The first-order valence-electron chi connectivity index (χ1n) is 2.27. The summed E-state index contributed by atoms with van der Waals surface area (Å²) in [6.45, 7) is 0. The molecule has 0 aliphatic rings. The molecular formula is C6H6OSY3. The van der Waals surface area contributed by atoms with E-state index >= 15 is 0 Å². The number of rotatable bonds is 0. The molecular weight excluding hydrogens is 387 g/mol. The van der Waals surface area contributed by atoms with Crippen LogP contribution in [-0.2, 0) is 98.1 Å². The average molecular weight is 393 g/mol. The summed E-state index contributed by atoms with van der Waals surface area (Å²) in [5, 5.41) is 8.76. The predicted molar refractivity (Wildman–Crippen MR) is 35.4 cm³/mol. The fraction of sp³-hybridized carbons (Fsp3) is 0. The topological polar surface area (TPSA) is 20.2 Å². The standard InChI is InChI=1S/C6H6OS.3Y/c7-5-2-1-3-6(8)4-5;;;/h1-4,7-8H;;;. The SMILES string of the molecule is Oc1cccc(S)c1.[Y].[Y].[Y]. The third kappa shape index (κ3) is 9.00. The van der Waals surface area contributed by atoms with Crippen molar-refractivity contribution < 1.29 is 103 Å². The summed E-state index contributed by atoms with van der Waals surface area (Å²) in [6, 6.07) is 6.75. The van der Waals surface area contributed by atoms with Crippen molar-refractivity contribution in [2.24, 2.45) is 0 Å². The van der Waals surface area contributed by atoms with E-state index in [-0.39, 0.29) is 104 Å². The van der Waals surface area contributed by atoms with Gasteiger partial charge in [-0.1, -0.05) is 6.07 Å². The molecule has 0 heterocycles. The van der Waals surface area contributed by atoms with Gasteiger partial charge in [0.05, 0.1) is 0 Å². The Balaban J connectivity index is -0.000000213. The summed E-state index contributed by atoms with van der Waals surface area (Å²) in [7, 11) is 0. The van der Waals surface area contributed by atoms with Crippen LogP contribution in [0.3, 0.4) is 0 Å². The molecule has 11 heavy (non-hydrogen) atoms. The van der Waals surface area contributed by atoms with Crippen molar-refractivity contribution in [2.75, 3.05) is 0 Å². The van der Waals surface area contributed by atoms with E-state index in [9.17, 15) is 0 Å². The van der Waals surface area contributed by atoms with Crippen molar-refractivity contribution in [1.82, 2.24) is 0 Å². The van der Waals surface area contributed by atoms with E-state index in [2.05, 4.69) is 12.6 Å². The van der Waals surface area contributed by atoms with E-state index in [0.717, 1.165) is 4.90 Å². The largest absolute Gasteiger partial charge is 0.508 e. The van der Waals surface area contributed by atoms with E-state index in [4.69, 9.17) is 5.11 Å². The van der Waals surface area contributed by atoms with Crippen LogP contribution in [-0.4, -0.2) is 5.11 Å². The molecule has 0 amide bonds. The van der Waals surface area contributed by atoms with Crippen LogP contribution < -0.4 is 0 Å². The first-order chi connectivity index (χ1) is 3.79. The molecule has 0 saturated heterocycles. The van der Waals surface area contributed by atoms with E-state index in [1.54, 1.807) is 18.2 Å². The molecule has 0 aromatic heterocycles. The average Bonchev–Trinajstić information content (AvgIpc) is 1.64. The molecule has 0 aliphatic carbocycles. The molecule has 0 aliphatic heterocycles. The number of thiol groups is 1. The molecule has 0 unspecified atom stereocenters. The zero-order valence-corrected chi connectivity index (χ0v) is 15.3. The molecule has 1 nitrogen and oxygen atoms in total. The smallest absolute Gasteiger partial charge is 0.116 e. The maximum absolute atomic E-state index is 8.76. The van der Waals surface area contributed by atoms with Crippen LogP contribution in [0.1, 0.15) is 0 Å². The van der Waals surface area contributed by atoms with Gasteiger partial charge in [0.25, 0.3) is 0 Å². The van der Waals surface area contributed by atoms with Crippen molar-refractivity contribution in [3.05, 3.63) is 24.3 Å². The molecule has 3 radical (unpaired) electrons. The van der Waals surface area contributed by atoms with Crippen molar-refractivity contribution in [3.8, 4) is 5.75 Å². The first-order valence-corrected chi connectivity index (χ1v) is 2.72. The molecule has 51 valence electrons. The summed E-state index contributed by atoms with van der Waals surface area (Å²) in [5.74, 6) is 0.262. The number of hydrogen-bond donors (Lipinski definition) is 2. The Morgan fingerprint density at radius 2 is 1.64 bits per heavy atom. The quantitative estimate of drug-likeness (QED) is 0.644. The van der Waals surface area contributed by atoms with Gasteiger partial charge in [0.2, 0.25) is 0 Å². The van der Waals surface area contributed by atoms with Crippen LogP contribution >= 0.6 is 12.6 Å². The predicted octanol–water partition coefficient (Wildman–Crippen LogP) is 1.67. The van der Waals surface area contributed by atoms with Crippen molar-refractivity contribution >= 4 is 12.6 Å². The Morgan fingerprint density at radius 3 is 1.91 bits per heavy atom. The third-order valence-electron chi connectivity index (χ3n) is 0.830. The fourth-order valence-electron chi connectivity index (χ4n) is 0.493. The van der Waals surface area contributed by atoms with Crippen molar-refractivity contribution in [1.29, 1.82) is 0 Å². The van der Waals surface area contributed by atoms with Gasteiger partial charge in [0.15, 0.2) is 0 Å². The van der Waals surface area contributed by atoms with E-state index in [0.29, 0.717) is 0 Å². The zero-order valence-electron chi connectivity index (χ0n) is 5.94. The number of aromatic hydroxyl groups is 1. The molecule has 0 spiro atoms. The van der Waals surface area contributed by atoms with Gasteiger partial charge in [-0.25, -0.2) is 0 Å². The monoisotopic (exact) mass is 393 g/mol. The van der Waals surface area contributed by atoms with Gasteiger partial charge < -0.3 is 5.11 Å². The molecule has 1 aromatic carbocycles. The molecule has 0 fully saturated rings. The van der Waals surface area contributed by atoms with Crippen LogP contribution in [0.15, 0.2) is 29.2 Å². The maximum Gasteiger partial charge on any atom is 0.116 e. The Morgan fingerprint density at radius 1 is 1.09 bits per heavy atom. The minimum absolute atomic E-state index is 0. The summed E-state index contributed by atoms with van der Waals surface area (Å²) in [4.78, 5) is 0.782. The second-order valence-corrected chi connectivity index (χ2v) is 2.04.